The molecule has 1 aliphatic heterocycles. The van der Waals surface area contributed by atoms with Crippen LogP contribution in [0.5, 0.6) is 0 Å². The van der Waals surface area contributed by atoms with Crippen molar-refractivity contribution < 1.29 is 12.8 Å². The van der Waals surface area contributed by atoms with Gasteiger partial charge in [0.25, 0.3) is 0 Å². The zero-order chi connectivity index (χ0) is 19.6. The Labute approximate surface area is 169 Å². The first-order chi connectivity index (χ1) is 13.5. The SMILES string of the molecule is O=S(=O)(c1cccnc1)N1CCC[C@H](c2ncc(Cc3ccccc3Cl)o2)C1. The molecule has 1 aliphatic rings. The maximum absolute atomic E-state index is 12.9. The molecule has 2 aromatic heterocycles. The maximum Gasteiger partial charge on any atom is 0.244 e. The summed E-state index contributed by atoms with van der Waals surface area (Å²) < 4.78 is 33.2. The van der Waals surface area contributed by atoms with E-state index in [2.05, 4.69) is 9.97 Å². The predicted octanol–water partition coefficient (Wildman–Crippen LogP) is 3.88. The van der Waals surface area contributed by atoms with Crippen LogP contribution >= 0.6 is 11.6 Å². The van der Waals surface area contributed by atoms with Crippen LogP contribution in [0.15, 0.2) is 64.3 Å². The van der Waals surface area contributed by atoms with Crippen molar-refractivity contribution in [2.75, 3.05) is 13.1 Å². The second-order valence-corrected chi connectivity index (χ2v) is 9.17. The number of benzene rings is 1. The van der Waals surface area contributed by atoms with Gasteiger partial charge in [0.1, 0.15) is 10.7 Å². The van der Waals surface area contributed by atoms with E-state index in [1.807, 2.05) is 24.3 Å². The fourth-order valence-electron chi connectivity index (χ4n) is 3.43. The van der Waals surface area contributed by atoms with Crippen LogP contribution in [0.4, 0.5) is 0 Å². The fourth-order valence-corrected chi connectivity index (χ4v) is 5.12. The van der Waals surface area contributed by atoms with E-state index in [0.29, 0.717) is 30.4 Å². The van der Waals surface area contributed by atoms with Gasteiger partial charge in [-0.15, -0.1) is 0 Å². The topological polar surface area (TPSA) is 76.3 Å². The first-order valence-corrected chi connectivity index (χ1v) is 10.9. The normalized spacial score (nSPS) is 18.2. The predicted molar refractivity (Wildman–Crippen MR) is 106 cm³/mol. The second-order valence-electron chi connectivity index (χ2n) is 6.82. The van der Waals surface area contributed by atoms with Gasteiger partial charge in [-0.2, -0.15) is 4.31 Å². The molecule has 0 spiro atoms. The van der Waals surface area contributed by atoms with Gasteiger partial charge in [-0.25, -0.2) is 13.4 Å². The quantitative estimate of drug-likeness (QED) is 0.629. The summed E-state index contributed by atoms with van der Waals surface area (Å²) in [6.45, 7) is 0.837. The van der Waals surface area contributed by atoms with Crippen molar-refractivity contribution in [1.82, 2.24) is 14.3 Å². The third-order valence-electron chi connectivity index (χ3n) is 4.90. The largest absolute Gasteiger partial charge is 0.445 e. The maximum atomic E-state index is 12.9. The number of oxazole rings is 1. The highest BCUT2D eigenvalue weighted by Crippen LogP contribution is 2.30. The summed E-state index contributed by atoms with van der Waals surface area (Å²) in [5, 5.41) is 0.687. The summed E-state index contributed by atoms with van der Waals surface area (Å²) in [5.41, 5.74) is 0.969. The van der Waals surface area contributed by atoms with Gasteiger partial charge in [0.2, 0.25) is 10.0 Å². The Bertz CT molecular complexity index is 1050. The Morgan fingerprint density at radius 3 is 2.82 bits per heavy atom. The molecule has 1 fully saturated rings. The third kappa shape index (κ3) is 3.97. The van der Waals surface area contributed by atoms with Crippen LogP contribution in [0.1, 0.15) is 36.0 Å². The summed E-state index contributed by atoms with van der Waals surface area (Å²) in [5.74, 6) is 1.23. The molecule has 3 heterocycles. The highest BCUT2D eigenvalue weighted by molar-refractivity contribution is 7.89. The molecular formula is C20H20ClN3O3S. The van der Waals surface area contributed by atoms with Gasteiger partial charge in [-0.05, 0) is 36.6 Å². The van der Waals surface area contributed by atoms with Crippen LogP contribution in [0.25, 0.3) is 0 Å². The molecule has 0 amide bonds. The highest BCUT2D eigenvalue weighted by atomic mass is 35.5. The molecule has 8 heteroatoms. The zero-order valence-electron chi connectivity index (χ0n) is 15.2. The van der Waals surface area contributed by atoms with Crippen molar-refractivity contribution in [2.45, 2.75) is 30.1 Å². The van der Waals surface area contributed by atoms with Crippen molar-refractivity contribution >= 4 is 21.6 Å². The van der Waals surface area contributed by atoms with E-state index in [1.165, 1.54) is 10.5 Å². The molecular weight excluding hydrogens is 398 g/mol. The minimum atomic E-state index is -3.57. The Morgan fingerprint density at radius 1 is 1.18 bits per heavy atom. The molecule has 0 radical (unpaired) electrons. The average molecular weight is 418 g/mol. The minimum absolute atomic E-state index is 0.0693. The van der Waals surface area contributed by atoms with E-state index >= 15 is 0 Å². The van der Waals surface area contributed by atoms with E-state index in [4.69, 9.17) is 16.0 Å². The van der Waals surface area contributed by atoms with E-state index in [9.17, 15) is 8.42 Å². The van der Waals surface area contributed by atoms with Crippen molar-refractivity contribution in [1.29, 1.82) is 0 Å². The minimum Gasteiger partial charge on any atom is -0.445 e. The Balaban J connectivity index is 1.50. The van der Waals surface area contributed by atoms with Crippen LogP contribution in [0.3, 0.4) is 0 Å². The van der Waals surface area contributed by atoms with E-state index in [-0.39, 0.29) is 10.8 Å². The highest BCUT2D eigenvalue weighted by Gasteiger charge is 2.33. The van der Waals surface area contributed by atoms with Crippen molar-refractivity contribution in [3.63, 3.8) is 0 Å². The molecule has 1 saturated heterocycles. The summed E-state index contributed by atoms with van der Waals surface area (Å²) in [6, 6.07) is 10.8. The van der Waals surface area contributed by atoms with Gasteiger partial charge in [-0.3, -0.25) is 4.98 Å². The van der Waals surface area contributed by atoms with Gasteiger partial charge in [0.05, 0.1) is 6.20 Å². The van der Waals surface area contributed by atoms with E-state index in [0.717, 1.165) is 24.2 Å². The summed E-state index contributed by atoms with van der Waals surface area (Å²) in [6.07, 6.45) is 6.79. The molecule has 0 bridgehead atoms. The van der Waals surface area contributed by atoms with Crippen molar-refractivity contribution in [2.24, 2.45) is 0 Å². The number of hydrogen-bond acceptors (Lipinski definition) is 5. The van der Waals surface area contributed by atoms with E-state index < -0.39 is 10.0 Å². The first kappa shape index (κ1) is 19.1. The molecule has 0 N–H and O–H groups in total. The van der Waals surface area contributed by atoms with Crippen LogP contribution in [-0.2, 0) is 16.4 Å². The van der Waals surface area contributed by atoms with E-state index in [1.54, 1.807) is 24.5 Å². The molecule has 146 valence electrons. The van der Waals surface area contributed by atoms with Gasteiger partial charge < -0.3 is 4.42 Å². The van der Waals surface area contributed by atoms with Gasteiger partial charge in [0.15, 0.2) is 5.89 Å². The smallest absolute Gasteiger partial charge is 0.244 e. The Morgan fingerprint density at radius 2 is 2.04 bits per heavy atom. The fraction of sp³-hybridized carbons (Fsp3) is 0.300. The van der Waals surface area contributed by atoms with Gasteiger partial charge in [0, 0.05) is 42.8 Å². The zero-order valence-corrected chi connectivity index (χ0v) is 16.7. The van der Waals surface area contributed by atoms with Crippen LogP contribution < -0.4 is 0 Å². The Kier molecular flexibility index (Phi) is 5.48. The Hall–Kier alpha value is -2.22. The number of pyridine rings is 1. The molecule has 0 aliphatic carbocycles. The van der Waals surface area contributed by atoms with Crippen LogP contribution in [-0.4, -0.2) is 35.8 Å². The number of sulfonamides is 1. The number of nitrogens with zero attached hydrogens (tertiary/aromatic N) is 3. The van der Waals surface area contributed by atoms with Crippen molar-refractivity contribution in [3.8, 4) is 0 Å². The van der Waals surface area contributed by atoms with Crippen LogP contribution in [0, 0.1) is 0 Å². The number of piperidine rings is 1. The average Bonchev–Trinajstić information content (AvgIpc) is 3.19. The molecule has 0 saturated carbocycles. The molecule has 4 rings (SSSR count). The molecule has 28 heavy (non-hydrogen) atoms. The van der Waals surface area contributed by atoms with Crippen LogP contribution in [0.2, 0.25) is 5.02 Å². The standard InChI is InChI=1S/C20H20ClN3O3S/c21-19-8-2-1-5-15(19)11-17-12-23-20(27-17)16-6-4-10-24(14-16)28(25,26)18-7-3-9-22-13-18/h1-3,5,7-9,12-13,16H,4,6,10-11,14H2/t16-/m0/s1. The summed E-state index contributed by atoms with van der Waals surface area (Å²) in [4.78, 5) is 8.55. The number of rotatable bonds is 5. The molecule has 6 nitrogen and oxygen atoms in total. The number of aromatic nitrogens is 2. The third-order valence-corrected chi connectivity index (χ3v) is 7.12. The van der Waals surface area contributed by atoms with Gasteiger partial charge >= 0.3 is 0 Å². The summed E-state index contributed by atoms with van der Waals surface area (Å²) >= 11 is 6.22. The lowest BCUT2D eigenvalue weighted by Gasteiger charge is -2.30. The van der Waals surface area contributed by atoms with Crippen molar-refractivity contribution in [3.05, 3.63) is 77.2 Å². The monoisotopic (exact) mass is 417 g/mol. The first-order valence-electron chi connectivity index (χ1n) is 9.12. The lowest BCUT2D eigenvalue weighted by atomic mass is 10.00. The number of hydrogen-bond donors (Lipinski definition) is 0. The number of halogens is 1. The second kappa shape index (κ2) is 8.03. The molecule has 1 atom stereocenters. The lowest BCUT2D eigenvalue weighted by Crippen LogP contribution is -2.39. The molecule has 1 aromatic carbocycles. The molecule has 0 unspecified atom stereocenters. The molecule has 3 aromatic rings. The van der Waals surface area contributed by atoms with Gasteiger partial charge in [-0.1, -0.05) is 29.8 Å². The lowest BCUT2D eigenvalue weighted by molar-refractivity contribution is 0.281. The summed E-state index contributed by atoms with van der Waals surface area (Å²) in [7, 11) is -3.57.